The largest absolute Gasteiger partial charge is 0.481 e. The first-order valence-electron chi connectivity index (χ1n) is 9.10. The number of carboxylic acid groups (broad SMARTS) is 1. The van der Waals surface area contributed by atoms with Gasteiger partial charge in [-0.2, -0.15) is 0 Å². The fourth-order valence-corrected chi connectivity index (χ4v) is 1.83. The van der Waals surface area contributed by atoms with E-state index in [4.69, 9.17) is 5.11 Å². The van der Waals surface area contributed by atoms with Crippen molar-refractivity contribution >= 4 is 5.97 Å². The quantitative estimate of drug-likeness (QED) is 0.315. The summed E-state index contributed by atoms with van der Waals surface area (Å²) in [5, 5.41) is 27.6. The normalized spacial score (nSPS) is 15.5. The summed E-state index contributed by atoms with van der Waals surface area (Å²) in [4.78, 5) is 10.3. The topological polar surface area (TPSA) is 77.8 Å². The molecule has 2 unspecified atom stereocenters. The molecule has 0 radical (unpaired) electrons. The Morgan fingerprint density at radius 2 is 1.35 bits per heavy atom. The van der Waals surface area contributed by atoms with Crippen LogP contribution in [0.5, 0.6) is 0 Å². The summed E-state index contributed by atoms with van der Waals surface area (Å²) in [6.07, 6.45) is 25.2. The van der Waals surface area contributed by atoms with Crippen LogP contribution in [0.15, 0.2) is 72.9 Å². The van der Waals surface area contributed by atoms with Crippen LogP contribution in [0.25, 0.3) is 0 Å². The van der Waals surface area contributed by atoms with Crippen LogP contribution in [0, 0.1) is 0 Å². The van der Waals surface area contributed by atoms with Crippen LogP contribution in [0.4, 0.5) is 0 Å². The first-order valence-corrected chi connectivity index (χ1v) is 9.10. The van der Waals surface area contributed by atoms with Gasteiger partial charge in [0.05, 0.1) is 12.2 Å². The van der Waals surface area contributed by atoms with Gasteiger partial charge < -0.3 is 15.3 Å². The zero-order chi connectivity index (χ0) is 19.5. The van der Waals surface area contributed by atoms with E-state index in [2.05, 4.69) is 0 Å². The smallest absolute Gasteiger partial charge is 0.303 e. The third kappa shape index (κ3) is 18.2. The second-order valence-corrected chi connectivity index (χ2v) is 5.75. The van der Waals surface area contributed by atoms with Gasteiger partial charge in [0, 0.05) is 6.42 Å². The third-order valence-electron chi connectivity index (χ3n) is 3.36. The summed E-state index contributed by atoms with van der Waals surface area (Å²) in [6.45, 7) is 1.92. The van der Waals surface area contributed by atoms with Gasteiger partial charge in [0.1, 0.15) is 0 Å². The standard InChI is InChI=1S/C22H32O4/c1-2-20(23)16-12-10-11-14-18-21(24)17-13-8-6-4-3-5-7-9-15-19-22(25)26/h3-4,7-14,16,18,20-21,23-24H,2,5-6,15,17,19H2,1H3,(H,25,26)/b4-3+,9-7+,11-10+,13-8+,16-12+,18-14+. The molecule has 0 spiro atoms. The van der Waals surface area contributed by atoms with Crippen LogP contribution in [0.3, 0.4) is 0 Å². The zero-order valence-electron chi connectivity index (χ0n) is 15.6. The maximum absolute atomic E-state index is 10.3. The molecule has 0 saturated carbocycles. The number of aliphatic carboxylic acids is 1. The minimum Gasteiger partial charge on any atom is -0.481 e. The first kappa shape index (κ1) is 23.8. The van der Waals surface area contributed by atoms with Gasteiger partial charge in [-0.05, 0) is 32.1 Å². The van der Waals surface area contributed by atoms with Crippen molar-refractivity contribution < 1.29 is 20.1 Å². The van der Waals surface area contributed by atoms with E-state index in [9.17, 15) is 15.0 Å². The van der Waals surface area contributed by atoms with Gasteiger partial charge in [-0.3, -0.25) is 4.79 Å². The number of aliphatic hydroxyl groups excluding tert-OH is 2. The van der Waals surface area contributed by atoms with Crippen molar-refractivity contribution in [2.75, 3.05) is 0 Å². The van der Waals surface area contributed by atoms with Crippen molar-refractivity contribution in [3.05, 3.63) is 72.9 Å². The molecule has 0 rings (SSSR count). The highest BCUT2D eigenvalue weighted by molar-refractivity contribution is 5.66. The molecule has 0 aromatic heterocycles. The van der Waals surface area contributed by atoms with Gasteiger partial charge in [0.2, 0.25) is 0 Å². The molecule has 144 valence electrons. The van der Waals surface area contributed by atoms with Gasteiger partial charge in [-0.25, -0.2) is 0 Å². The number of rotatable bonds is 14. The zero-order valence-corrected chi connectivity index (χ0v) is 15.6. The van der Waals surface area contributed by atoms with Crippen molar-refractivity contribution in [3.63, 3.8) is 0 Å². The number of carbonyl (C=O) groups is 1. The molecule has 0 fully saturated rings. The predicted molar refractivity (Wildman–Crippen MR) is 108 cm³/mol. The Morgan fingerprint density at radius 1 is 0.808 bits per heavy atom. The average molecular weight is 360 g/mol. The molecular weight excluding hydrogens is 328 g/mol. The molecule has 0 heterocycles. The number of carboxylic acids is 1. The second-order valence-electron chi connectivity index (χ2n) is 5.75. The highest BCUT2D eigenvalue weighted by atomic mass is 16.4. The Balaban J connectivity index is 3.78. The van der Waals surface area contributed by atoms with E-state index in [0.717, 1.165) is 12.8 Å². The minimum atomic E-state index is -0.771. The molecule has 26 heavy (non-hydrogen) atoms. The van der Waals surface area contributed by atoms with Crippen LogP contribution in [-0.4, -0.2) is 33.5 Å². The van der Waals surface area contributed by atoms with E-state index in [-0.39, 0.29) is 6.42 Å². The van der Waals surface area contributed by atoms with Gasteiger partial charge in [0.15, 0.2) is 0 Å². The van der Waals surface area contributed by atoms with Crippen molar-refractivity contribution in [1.29, 1.82) is 0 Å². The Hall–Kier alpha value is -2.17. The molecular formula is C22H32O4. The molecule has 4 heteroatoms. The molecule has 0 saturated heterocycles. The van der Waals surface area contributed by atoms with Crippen molar-refractivity contribution in [1.82, 2.24) is 0 Å². The van der Waals surface area contributed by atoms with Crippen LogP contribution in [-0.2, 0) is 4.79 Å². The van der Waals surface area contributed by atoms with E-state index in [1.54, 1.807) is 24.3 Å². The molecule has 0 aliphatic heterocycles. The summed E-state index contributed by atoms with van der Waals surface area (Å²) in [6, 6.07) is 0. The molecule has 0 amide bonds. The summed E-state index contributed by atoms with van der Waals surface area (Å²) >= 11 is 0. The van der Waals surface area contributed by atoms with Crippen molar-refractivity contribution in [2.45, 2.75) is 57.7 Å². The molecule has 3 N–H and O–H groups in total. The molecule has 0 aromatic carbocycles. The van der Waals surface area contributed by atoms with Gasteiger partial charge in [-0.1, -0.05) is 79.8 Å². The Bertz CT molecular complexity index is 524. The lowest BCUT2D eigenvalue weighted by Crippen LogP contribution is -1.98. The first-order chi connectivity index (χ1) is 12.6. The lowest BCUT2D eigenvalue weighted by molar-refractivity contribution is -0.136. The predicted octanol–water partition coefficient (Wildman–Crippen LogP) is 4.49. The van der Waals surface area contributed by atoms with E-state index in [0.29, 0.717) is 19.3 Å². The van der Waals surface area contributed by atoms with E-state index < -0.39 is 18.2 Å². The highest BCUT2D eigenvalue weighted by Gasteiger charge is 1.93. The summed E-state index contributed by atoms with van der Waals surface area (Å²) in [5.41, 5.74) is 0. The van der Waals surface area contributed by atoms with E-state index in [1.807, 2.05) is 55.5 Å². The Labute approximate surface area is 157 Å². The highest BCUT2D eigenvalue weighted by Crippen LogP contribution is 1.99. The number of hydrogen-bond donors (Lipinski definition) is 3. The molecule has 0 aliphatic carbocycles. The van der Waals surface area contributed by atoms with E-state index >= 15 is 0 Å². The average Bonchev–Trinajstić information content (AvgIpc) is 2.61. The lowest BCUT2D eigenvalue weighted by atomic mass is 10.2. The lowest BCUT2D eigenvalue weighted by Gasteiger charge is -1.98. The monoisotopic (exact) mass is 360 g/mol. The fourth-order valence-electron chi connectivity index (χ4n) is 1.83. The number of hydrogen-bond acceptors (Lipinski definition) is 3. The van der Waals surface area contributed by atoms with E-state index in [1.165, 1.54) is 0 Å². The summed E-state index contributed by atoms with van der Waals surface area (Å²) in [7, 11) is 0. The molecule has 2 atom stereocenters. The van der Waals surface area contributed by atoms with Crippen LogP contribution in [0.2, 0.25) is 0 Å². The molecule has 0 bridgehead atoms. The van der Waals surface area contributed by atoms with Crippen molar-refractivity contribution in [2.24, 2.45) is 0 Å². The Kier molecular flexibility index (Phi) is 16.2. The van der Waals surface area contributed by atoms with Crippen molar-refractivity contribution in [3.8, 4) is 0 Å². The van der Waals surface area contributed by atoms with Gasteiger partial charge >= 0.3 is 5.97 Å². The van der Waals surface area contributed by atoms with Crippen LogP contribution in [0.1, 0.15) is 45.4 Å². The Morgan fingerprint density at radius 3 is 1.92 bits per heavy atom. The third-order valence-corrected chi connectivity index (χ3v) is 3.36. The summed E-state index contributed by atoms with van der Waals surface area (Å²) < 4.78 is 0. The maximum Gasteiger partial charge on any atom is 0.303 e. The van der Waals surface area contributed by atoms with Crippen LogP contribution >= 0.6 is 0 Å². The fraction of sp³-hybridized carbons (Fsp3) is 0.409. The van der Waals surface area contributed by atoms with Crippen LogP contribution < -0.4 is 0 Å². The van der Waals surface area contributed by atoms with Gasteiger partial charge in [-0.15, -0.1) is 0 Å². The maximum atomic E-state index is 10.3. The number of allylic oxidation sites excluding steroid dienone is 9. The second kappa shape index (κ2) is 17.6. The molecule has 0 aromatic rings. The van der Waals surface area contributed by atoms with Gasteiger partial charge in [0.25, 0.3) is 0 Å². The summed E-state index contributed by atoms with van der Waals surface area (Å²) in [5.74, 6) is -0.771. The molecule has 4 nitrogen and oxygen atoms in total. The molecule has 0 aliphatic rings. The SMILES string of the molecule is CCC(O)/C=C/C=C/C=C/C(O)C/C=C/C/C=C/C/C=C/CCC(=O)O. The minimum absolute atomic E-state index is 0.175. The number of aliphatic hydroxyl groups is 2.